The number of carbonyl (C=O) groups is 2. The van der Waals surface area contributed by atoms with Crippen LogP contribution in [0.5, 0.6) is 0 Å². The molecule has 0 fully saturated rings. The lowest BCUT2D eigenvalue weighted by Gasteiger charge is -2.07. The standard InChI is InChI=1S/C14H15FO3/c1-9(2)13(16)12(14(17)18-3)8-10-4-6-11(15)7-5-10/h4-9H,1-3H3/b12-8-. The minimum absolute atomic E-state index is 0.0286. The summed E-state index contributed by atoms with van der Waals surface area (Å²) in [4.78, 5) is 23.4. The molecule has 0 radical (unpaired) electrons. The van der Waals surface area contributed by atoms with Crippen molar-refractivity contribution in [3.05, 3.63) is 41.2 Å². The zero-order valence-electron chi connectivity index (χ0n) is 10.6. The molecule has 4 heteroatoms. The van der Waals surface area contributed by atoms with Gasteiger partial charge >= 0.3 is 5.97 Å². The molecule has 3 nitrogen and oxygen atoms in total. The van der Waals surface area contributed by atoms with Gasteiger partial charge in [0.1, 0.15) is 11.4 Å². The molecule has 1 rings (SSSR count). The molecule has 96 valence electrons. The maximum atomic E-state index is 12.8. The van der Waals surface area contributed by atoms with Gasteiger partial charge in [-0.15, -0.1) is 0 Å². The van der Waals surface area contributed by atoms with E-state index in [1.807, 2.05) is 0 Å². The van der Waals surface area contributed by atoms with E-state index in [4.69, 9.17) is 0 Å². The first-order valence-electron chi connectivity index (χ1n) is 5.55. The number of esters is 1. The molecule has 1 aromatic carbocycles. The number of Topliss-reactive ketones (excluding diaryl/α,β-unsaturated/α-hetero) is 1. The van der Waals surface area contributed by atoms with Crippen molar-refractivity contribution in [2.45, 2.75) is 13.8 Å². The Hall–Kier alpha value is -1.97. The maximum absolute atomic E-state index is 12.8. The summed E-state index contributed by atoms with van der Waals surface area (Å²) in [5.41, 5.74) is 0.546. The minimum Gasteiger partial charge on any atom is -0.465 e. The molecule has 0 N–H and O–H groups in total. The van der Waals surface area contributed by atoms with Gasteiger partial charge in [-0.05, 0) is 23.8 Å². The topological polar surface area (TPSA) is 43.4 Å². The highest BCUT2D eigenvalue weighted by atomic mass is 19.1. The van der Waals surface area contributed by atoms with Gasteiger partial charge in [0.25, 0.3) is 0 Å². The molecule has 0 amide bonds. The molecule has 0 aliphatic carbocycles. The normalized spacial score (nSPS) is 11.5. The molecule has 0 aromatic heterocycles. The molecular weight excluding hydrogens is 235 g/mol. The van der Waals surface area contributed by atoms with Crippen LogP contribution >= 0.6 is 0 Å². The summed E-state index contributed by atoms with van der Waals surface area (Å²) in [5.74, 6) is -1.66. The van der Waals surface area contributed by atoms with Crippen molar-refractivity contribution < 1.29 is 18.7 Å². The Balaban J connectivity index is 3.14. The van der Waals surface area contributed by atoms with E-state index >= 15 is 0 Å². The molecule has 0 aliphatic heterocycles. The molecule has 0 spiro atoms. The average Bonchev–Trinajstić information content (AvgIpc) is 2.36. The van der Waals surface area contributed by atoms with Crippen LogP contribution in [0, 0.1) is 11.7 Å². The van der Waals surface area contributed by atoms with Crippen LogP contribution in [0.1, 0.15) is 19.4 Å². The third kappa shape index (κ3) is 3.52. The lowest BCUT2D eigenvalue weighted by Crippen LogP contribution is -2.18. The summed E-state index contributed by atoms with van der Waals surface area (Å²) in [6.07, 6.45) is 1.41. The van der Waals surface area contributed by atoms with Crippen molar-refractivity contribution >= 4 is 17.8 Å². The van der Waals surface area contributed by atoms with Gasteiger partial charge in [0, 0.05) is 5.92 Å². The van der Waals surface area contributed by atoms with Crippen molar-refractivity contribution in [3.8, 4) is 0 Å². The van der Waals surface area contributed by atoms with Gasteiger partial charge in [-0.2, -0.15) is 0 Å². The number of carbonyl (C=O) groups excluding carboxylic acids is 2. The second-order valence-electron chi connectivity index (χ2n) is 4.12. The van der Waals surface area contributed by atoms with Gasteiger partial charge in [-0.25, -0.2) is 9.18 Å². The van der Waals surface area contributed by atoms with E-state index in [0.29, 0.717) is 5.56 Å². The van der Waals surface area contributed by atoms with Crippen LogP contribution in [0.2, 0.25) is 0 Å². The Morgan fingerprint density at radius 2 is 1.78 bits per heavy atom. The Bertz CT molecular complexity index is 472. The fourth-order valence-electron chi connectivity index (χ4n) is 1.38. The van der Waals surface area contributed by atoms with Gasteiger partial charge in [-0.1, -0.05) is 26.0 Å². The van der Waals surface area contributed by atoms with E-state index in [9.17, 15) is 14.0 Å². The predicted octanol–water partition coefficient (Wildman–Crippen LogP) is 2.61. The van der Waals surface area contributed by atoms with Crippen LogP contribution in [0.25, 0.3) is 6.08 Å². The summed E-state index contributed by atoms with van der Waals surface area (Å²) in [7, 11) is 1.22. The Kier molecular flexibility index (Phi) is 4.77. The van der Waals surface area contributed by atoms with E-state index in [1.165, 1.54) is 37.5 Å². The van der Waals surface area contributed by atoms with Crippen molar-refractivity contribution in [1.29, 1.82) is 0 Å². The van der Waals surface area contributed by atoms with Crippen LogP contribution in [0.4, 0.5) is 4.39 Å². The minimum atomic E-state index is -0.682. The lowest BCUT2D eigenvalue weighted by molar-refractivity contribution is -0.138. The SMILES string of the molecule is COC(=O)/C(=C\c1ccc(F)cc1)C(=O)C(C)C. The highest BCUT2D eigenvalue weighted by Crippen LogP contribution is 2.14. The van der Waals surface area contributed by atoms with E-state index in [2.05, 4.69) is 4.74 Å². The molecule has 18 heavy (non-hydrogen) atoms. The fourth-order valence-corrected chi connectivity index (χ4v) is 1.38. The number of hydrogen-bond donors (Lipinski definition) is 0. The smallest absolute Gasteiger partial charge is 0.341 e. The van der Waals surface area contributed by atoms with Gasteiger partial charge in [0.2, 0.25) is 0 Å². The van der Waals surface area contributed by atoms with E-state index in [1.54, 1.807) is 13.8 Å². The van der Waals surface area contributed by atoms with Gasteiger partial charge in [-0.3, -0.25) is 4.79 Å². The summed E-state index contributed by atoms with van der Waals surface area (Å²) in [6.45, 7) is 3.40. The third-order valence-electron chi connectivity index (χ3n) is 2.38. The predicted molar refractivity (Wildman–Crippen MR) is 66.2 cm³/mol. The van der Waals surface area contributed by atoms with Crippen LogP contribution < -0.4 is 0 Å². The second kappa shape index (κ2) is 6.10. The fraction of sp³-hybridized carbons (Fsp3) is 0.286. The summed E-state index contributed by atoms with van der Waals surface area (Å²) in [5, 5.41) is 0. The zero-order chi connectivity index (χ0) is 13.7. The first-order valence-corrected chi connectivity index (χ1v) is 5.55. The zero-order valence-corrected chi connectivity index (χ0v) is 10.6. The monoisotopic (exact) mass is 250 g/mol. The van der Waals surface area contributed by atoms with Crippen molar-refractivity contribution in [3.63, 3.8) is 0 Å². The summed E-state index contributed by atoms with van der Waals surface area (Å²) < 4.78 is 17.3. The van der Waals surface area contributed by atoms with Crippen LogP contribution in [-0.4, -0.2) is 18.9 Å². The molecule has 0 saturated heterocycles. The van der Waals surface area contributed by atoms with Gasteiger partial charge < -0.3 is 4.74 Å². The van der Waals surface area contributed by atoms with E-state index < -0.39 is 5.97 Å². The third-order valence-corrected chi connectivity index (χ3v) is 2.38. The number of ketones is 1. The molecule has 0 saturated carbocycles. The number of benzene rings is 1. The quantitative estimate of drug-likeness (QED) is 0.357. The Morgan fingerprint density at radius 1 is 1.22 bits per heavy atom. The first-order chi connectivity index (χ1) is 8.45. The summed E-state index contributed by atoms with van der Waals surface area (Å²) in [6, 6.07) is 5.51. The maximum Gasteiger partial charge on any atom is 0.341 e. The molecule has 0 unspecified atom stereocenters. The van der Waals surface area contributed by atoms with Crippen molar-refractivity contribution in [2.75, 3.05) is 7.11 Å². The molecule has 0 aliphatic rings. The van der Waals surface area contributed by atoms with Crippen molar-refractivity contribution in [1.82, 2.24) is 0 Å². The number of rotatable bonds is 4. The van der Waals surface area contributed by atoms with Gasteiger partial charge in [0.05, 0.1) is 7.11 Å². The number of methoxy groups -OCH3 is 1. The molecule has 1 aromatic rings. The molecular formula is C14H15FO3. The van der Waals surface area contributed by atoms with Crippen molar-refractivity contribution in [2.24, 2.45) is 5.92 Å². The largest absolute Gasteiger partial charge is 0.465 e. The lowest BCUT2D eigenvalue weighted by atomic mass is 9.99. The number of ether oxygens (including phenoxy) is 1. The number of hydrogen-bond acceptors (Lipinski definition) is 3. The first kappa shape index (κ1) is 14.1. The van der Waals surface area contributed by atoms with E-state index in [0.717, 1.165) is 0 Å². The molecule has 0 heterocycles. The Labute approximate surface area is 105 Å². The number of halogens is 1. The summed E-state index contributed by atoms with van der Waals surface area (Å²) >= 11 is 0. The Morgan fingerprint density at radius 3 is 2.22 bits per heavy atom. The van der Waals surface area contributed by atoms with E-state index in [-0.39, 0.29) is 23.1 Å². The highest BCUT2D eigenvalue weighted by molar-refractivity contribution is 6.21. The van der Waals surface area contributed by atoms with Crippen LogP contribution in [0.3, 0.4) is 0 Å². The molecule has 0 bridgehead atoms. The molecule has 0 atom stereocenters. The highest BCUT2D eigenvalue weighted by Gasteiger charge is 2.21. The van der Waals surface area contributed by atoms with Crippen LogP contribution in [-0.2, 0) is 14.3 Å². The van der Waals surface area contributed by atoms with Crippen LogP contribution in [0.15, 0.2) is 29.8 Å². The second-order valence-corrected chi connectivity index (χ2v) is 4.12. The average molecular weight is 250 g/mol. The van der Waals surface area contributed by atoms with Gasteiger partial charge in [0.15, 0.2) is 5.78 Å².